The van der Waals surface area contributed by atoms with E-state index in [4.69, 9.17) is 0 Å². The van der Waals surface area contributed by atoms with Crippen LogP contribution in [0, 0.1) is 11.3 Å². The highest BCUT2D eigenvalue weighted by Gasteiger charge is 2.31. The maximum absolute atomic E-state index is 3.38. The Morgan fingerprint density at radius 3 is 2.65 bits per heavy atom. The van der Waals surface area contributed by atoms with Crippen molar-refractivity contribution >= 4 is 0 Å². The van der Waals surface area contributed by atoms with E-state index in [2.05, 4.69) is 45.0 Å². The molecule has 102 valence electrons. The number of hydrogen-bond acceptors (Lipinski definition) is 2. The van der Waals surface area contributed by atoms with Gasteiger partial charge in [-0.2, -0.15) is 0 Å². The lowest BCUT2D eigenvalue weighted by Crippen LogP contribution is -2.49. The van der Waals surface area contributed by atoms with Crippen LogP contribution in [0.5, 0.6) is 0 Å². The van der Waals surface area contributed by atoms with E-state index in [1.807, 2.05) is 0 Å². The van der Waals surface area contributed by atoms with Gasteiger partial charge in [-0.25, -0.2) is 0 Å². The third-order valence-electron chi connectivity index (χ3n) is 4.55. The molecule has 0 radical (unpaired) electrons. The van der Waals surface area contributed by atoms with Gasteiger partial charge in [0.05, 0.1) is 0 Å². The first-order valence-corrected chi connectivity index (χ1v) is 7.41. The van der Waals surface area contributed by atoms with Crippen molar-refractivity contribution in [1.29, 1.82) is 0 Å². The molecular weight excluding hydrogens is 208 g/mol. The van der Waals surface area contributed by atoms with E-state index in [9.17, 15) is 0 Å². The van der Waals surface area contributed by atoms with Crippen LogP contribution in [-0.2, 0) is 0 Å². The molecule has 3 atom stereocenters. The quantitative estimate of drug-likeness (QED) is 0.767. The van der Waals surface area contributed by atoms with E-state index in [1.165, 1.54) is 38.8 Å². The molecule has 3 unspecified atom stereocenters. The van der Waals surface area contributed by atoms with Gasteiger partial charge >= 0.3 is 0 Å². The van der Waals surface area contributed by atoms with Gasteiger partial charge in [0.1, 0.15) is 0 Å². The molecule has 1 rings (SSSR count). The SMILES string of the molecule is CCCC(C)(CNC)CN1CCCC(C)C1C. The average molecular weight is 240 g/mol. The van der Waals surface area contributed by atoms with Gasteiger partial charge in [0.25, 0.3) is 0 Å². The number of piperidine rings is 1. The summed E-state index contributed by atoms with van der Waals surface area (Å²) in [5.41, 5.74) is 0.439. The summed E-state index contributed by atoms with van der Waals surface area (Å²) >= 11 is 0. The fourth-order valence-corrected chi connectivity index (χ4v) is 3.39. The highest BCUT2D eigenvalue weighted by atomic mass is 15.2. The molecule has 1 fully saturated rings. The summed E-state index contributed by atoms with van der Waals surface area (Å²) in [7, 11) is 2.08. The number of likely N-dealkylation sites (tertiary alicyclic amines) is 1. The highest BCUT2D eigenvalue weighted by Crippen LogP contribution is 2.29. The Morgan fingerprint density at radius 1 is 1.35 bits per heavy atom. The second-order valence-corrected chi connectivity index (χ2v) is 6.42. The van der Waals surface area contributed by atoms with Crippen LogP contribution in [0.2, 0.25) is 0 Å². The number of nitrogens with zero attached hydrogens (tertiary/aromatic N) is 1. The van der Waals surface area contributed by atoms with Crippen molar-refractivity contribution in [2.45, 2.75) is 59.4 Å². The van der Waals surface area contributed by atoms with Gasteiger partial charge in [-0.3, -0.25) is 4.90 Å². The summed E-state index contributed by atoms with van der Waals surface area (Å²) < 4.78 is 0. The lowest BCUT2D eigenvalue weighted by molar-refractivity contribution is 0.0622. The Kier molecular flexibility index (Phi) is 5.94. The minimum Gasteiger partial charge on any atom is -0.319 e. The van der Waals surface area contributed by atoms with E-state index in [-0.39, 0.29) is 0 Å². The van der Waals surface area contributed by atoms with E-state index >= 15 is 0 Å². The molecule has 0 amide bonds. The first-order valence-electron chi connectivity index (χ1n) is 7.41. The van der Waals surface area contributed by atoms with Crippen molar-refractivity contribution in [3.63, 3.8) is 0 Å². The molecule has 1 aliphatic heterocycles. The van der Waals surface area contributed by atoms with E-state index in [1.54, 1.807) is 0 Å². The van der Waals surface area contributed by atoms with Crippen LogP contribution >= 0.6 is 0 Å². The Morgan fingerprint density at radius 2 is 2.06 bits per heavy atom. The van der Waals surface area contributed by atoms with Crippen LogP contribution in [0.4, 0.5) is 0 Å². The van der Waals surface area contributed by atoms with Gasteiger partial charge in [0.2, 0.25) is 0 Å². The molecule has 1 saturated heterocycles. The number of hydrogen-bond donors (Lipinski definition) is 1. The van der Waals surface area contributed by atoms with Gasteiger partial charge in [-0.15, -0.1) is 0 Å². The van der Waals surface area contributed by atoms with Crippen molar-refractivity contribution in [2.24, 2.45) is 11.3 Å². The van der Waals surface area contributed by atoms with Crippen LogP contribution in [0.1, 0.15) is 53.4 Å². The van der Waals surface area contributed by atoms with Crippen molar-refractivity contribution < 1.29 is 0 Å². The number of nitrogens with one attached hydrogen (secondary N) is 1. The van der Waals surface area contributed by atoms with E-state index in [0.717, 1.165) is 18.5 Å². The van der Waals surface area contributed by atoms with Gasteiger partial charge in [-0.05, 0) is 51.1 Å². The largest absolute Gasteiger partial charge is 0.319 e. The van der Waals surface area contributed by atoms with Crippen LogP contribution in [0.3, 0.4) is 0 Å². The monoisotopic (exact) mass is 240 g/mol. The zero-order valence-electron chi connectivity index (χ0n) is 12.6. The smallest absolute Gasteiger partial charge is 0.00928 e. The summed E-state index contributed by atoms with van der Waals surface area (Å²) in [5, 5.41) is 3.38. The van der Waals surface area contributed by atoms with Crippen LogP contribution in [0.25, 0.3) is 0 Å². The van der Waals surface area contributed by atoms with Crippen LogP contribution in [-0.4, -0.2) is 37.6 Å². The molecule has 2 heteroatoms. The Labute approximate surface area is 108 Å². The predicted molar refractivity (Wildman–Crippen MR) is 76.4 cm³/mol. The fraction of sp³-hybridized carbons (Fsp3) is 1.00. The lowest BCUT2D eigenvalue weighted by Gasteiger charge is -2.43. The van der Waals surface area contributed by atoms with E-state index in [0.29, 0.717) is 5.41 Å². The first kappa shape index (κ1) is 15.0. The molecule has 1 aliphatic rings. The minimum absolute atomic E-state index is 0.439. The van der Waals surface area contributed by atoms with Crippen molar-refractivity contribution in [3.8, 4) is 0 Å². The first-order chi connectivity index (χ1) is 8.02. The molecule has 0 bridgehead atoms. The average Bonchev–Trinajstić information content (AvgIpc) is 2.25. The summed E-state index contributed by atoms with van der Waals surface area (Å²) in [6, 6.07) is 0.761. The molecule has 0 aliphatic carbocycles. The van der Waals surface area contributed by atoms with Gasteiger partial charge < -0.3 is 5.32 Å². The van der Waals surface area contributed by atoms with Crippen molar-refractivity contribution in [1.82, 2.24) is 10.2 Å². The third kappa shape index (κ3) is 4.26. The van der Waals surface area contributed by atoms with Crippen LogP contribution < -0.4 is 5.32 Å². The molecule has 0 aromatic carbocycles. The third-order valence-corrected chi connectivity index (χ3v) is 4.55. The maximum atomic E-state index is 3.38. The maximum Gasteiger partial charge on any atom is 0.00928 e. The zero-order valence-corrected chi connectivity index (χ0v) is 12.6. The second-order valence-electron chi connectivity index (χ2n) is 6.42. The molecule has 1 N–H and O–H groups in total. The molecule has 0 aromatic rings. The Hall–Kier alpha value is -0.0800. The molecule has 0 saturated carbocycles. The Balaban J connectivity index is 2.59. The topological polar surface area (TPSA) is 15.3 Å². The molecule has 2 nitrogen and oxygen atoms in total. The predicted octanol–water partition coefficient (Wildman–Crippen LogP) is 3.13. The number of rotatable bonds is 6. The van der Waals surface area contributed by atoms with Gasteiger partial charge in [0.15, 0.2) is 0 Å². The minimum atomic E-state index is 0.439. The standard InChI is InChI=1S/C15H32N2/c1-6-9-15(4,11-16-5)12-17-10-7-8-13(2)14(17)3/h13-14,16H,6-12H2,1-5H3. The highest BCUT2D eigenvalue weighted by molar-refractivity contribution is 4.86. The molecular formula is C15H32N2. The van der Waals surface area contributed by atoms with Crippen molar-refractivity contribution in [3.05, 3.63) is 0 Å². The fourth-order valence-electron chi connectivity index (χ4n) is 3.39. The van der Waals surface area contributed by atoms with Gasteiger partial charge in [-0.1, -0.05) is 27.2 Å². The van der Waals surface area contributed by atoms with Gasteiger partial charge in [0, 0.05) is 19.1 Å². The molecule has 1 heterocycles. The normalized spacial score (nSPS) is 30.2. The second kappa shape index (κ2) is 6.75. The Bertz CT molecular complexity index is 209. The lowest BCUT2D eigenvalue weighted by atomic mass is 9.82. The van der Waals surface area contributed by atoms with Crippen molar-refractivity contribution in [2.75, 3.05) is 26.7 Å². The van der Waals surface area contributed by atoms with Crippen LogP contribution in [0.15, 0.2) is 0 Å². The summed E-state index contributed by atoms with van der Waals surface area (Å²) in [6.07, 6.45) is 5.41. The molecule has 0 spiro atoms. The summed E-state index contributed by atoms with van der Waals surface area (Å²) in [6.45, 7) is 13.3. The molecule has 0 aromatic heterocycles. The summed E-state index contributed by atoms with van der Waals surface area (Å²) in [5.74, 6) is 0.865. The molecule has 17 heavy (non-hydrogen) atoms. The van der Waals surface area contributed by atoms with E-state index < -0.39 is 0 Å². The zero-order chi connectivity index (χ0) is 12.9. The summed E-state index contributed by atoms with van der Waals surface area (Å²) in [4.78, 5) is 2.72.